The first-order valence-corrected chi connectivity index (χ1v) is 10.4. The second-order valence-electron chi connectivity index (χ2n) is 8.07. The second kappa shape index (κ2) is 10.8. The summed E-state index contributed by atoms with van der Waals surface area (Å²) in [7, 11) is 3.36. The maximum absolute atomic E-state index is 12.8. The van der Waals surface area contributed by atoms with Gasteiger partial charge >= 0.3 is 0 Å². The van der Waals surface area contributed by atoms with Crippen molar-refractivity contribution in [3.63, 3.8) is 0 Å². The van der Waals surface area contributed by atoms with Crippen LogP contribution in [0.1, 0.15) is 41.0 Å². The molecule has 0 N–H and O–H groups in total. The van der Waals surface area contributed by atoms with Crippen LogP contribution in [-0.4, -0.2) is 49.3 Å². The Morgan fingerprint density at radius 3 is 2.42 bits per heavy atom. The lowest BCUT2D eigenvalue weighted by Crippen LogP contribution is -2.31. The van der Waals surface area contributed by atoms with Crippen LogP contribution in [0.3, 0.4) is 0 Å². The highest BCUT2D eigenvalue weighted by molar-refractivity contribution is 6.01. The highest BCUT2D eigenvalue weighted by atomic mass is 16.5. The van der Waals surface area contributed by atoms with E-state index in [2.05, 4.69) is 23.6 Å². The Kier molecular flexibility index (Phi) is 8.47. The Balaban J connectivity index is 2.09. The number of rotatable bonds is 9. The van der Waals surface area contributed by atoms with Crippen molar-refractivity contribution in [2.24, 2.45) is 0 Å². The number of hydrogen-bond acceptors (Lipinski definition) is 4. The fourth-order valence-corrected chi connectivity index (χ4v) is 3.86. The number of carbonyl (C=O) groups is 1. The zero-order chi connectivity index (χ0) is 23.1. The molecule has 31 heavy (non-hydrogen) atoms. The molecule has 0 saturated carbocycles. The molecule has 0 saturated heterocycles. The van der Waals surface area contributed by atoms with E-state index in [1.807, 2.05) is 45.9 Å². The van der Waals surface area contributed by atoms with Crippen molar-refractivity contribution in [1.29, 1.82) is 5.26 Å². The van der Waals surface area contributed by atoms with Gasteiger partial charge in [-0.25, -0.2) is 0 Å². The summed E-state index contributed by atoms with van der Waals surface area (Å²) in [6.45, 7) is 11.5. The predicted molar refractivity (Wildman–Crippen MR) is 123 cm³/mol. The molecule has 1 unspecified atom stereocenters. The van der Waals surface area contributed by atoms with Crippen molar-refractivity contribution < 1.29 is 14.3 Å². The molecular formula is C25H33N3O3. The summed E-state index contributed by atoms with van der Waals surface area (Å²) < 4.78 is 13.2. The SMILES string of the molecule is COCC(C)n1c(C)cc(/C=C(\C#N)C(=O)N(C)CCOc2cc(C)cc(C)c2)c1C. The van der Waals surface area contributed by atoms with Gasteiger partial charge in [0.2, 0.25) is 0 Å². The summed E-state index contributed by atoms with van der Waals surface area (Å²) in [5, 5.41) is 9.61. The molecule has 6 nitrogen and oxygen atoms in total. The molecule has 1 atom stereocenters. The number of amides is 1. The van der Waals surface area contributed by atoms with Gasteiger partial charge in [0.25, 0.3) is 5.91 Å². The lowest BCUT2D eigenvalue weighted by Gasteiger charge is -2.18. The average Bonchev–Trinajstić information content (AvgIpc) is 2.98. The second-order valence-corrected chi connectivity index (χ2v) is 8.07. The summed E-state index contributed by atoms with van der Waals surface area (Å²) in [4.78, 5) is 14.3. The van der Waals surface area contributed by atoms with Crippen molar-refractivity contribution in [1.82, 2.24) is 9.47 Å². The zero-order valence-corrected chi connectivity index (χ0v) is 19.7. The van der Waals surface area contributed by atoms with E-state index in [0.29, 0.717) is 19.8 Å². The third kappa shape index (κ3) is 6.22. The van der Waals surface area contributed by atoms with E-state index in [1.165, 1.54) is 4.90 Å². The Hall–Kier alpha value is -3.04. The quantitative estimate of drug-likeness (QED) is 0.444. The van der Waals surface area contributed by atoms with Crippen LogP contribution in [0.4, 0.5) is 0 Å². The Morgan fingerprint density at radius 1 is 1.19 bits per heavy atom. The van der Waals surface area contributed by atoms with E-state index in [9.17, 15) is 10.1 Å². The van der Waals surface area contributed by atoms with Crippen LogP contribution in [0.25, 0.3) is 6.08 Å². The number of ether oxygens (including phenoxy) is 2. The summed E-state index contributed by atoms with van der Waals surface area (Å²) in [5.74, 6) is 0.466. The first-order valence-electron chi connectivity index (χ1n) is 10.4. The van der Waals surface area contributed by atoms with Crippen LogP contribution in [0.2, 0.25) is 0 Å². The van der Waals surface area contributed by atoms with Gasteiger partial charge in [0, 0.05) is 25.5 Å². The Bertz CT molecular complexity index is 978. The molecule has 1 heterocycles. The van der Waals surface area contributed by atoms with E-state index in [1.54, 1.807) is 20.2 Å². The maximum atomic E-state index is 12.8. The van der Waals surface area contributed by atoms with Crippen LogP contribution in [-0.2, 0) is 9.53 Å². The van der Waals surface area contributed by atoms with E-state index in [0.717, 1.165) is 33.8 Å². The number of hydrogen-bond donors (Lipinski definition) is 0. The third-order valence-corrected chi connectivity index (χ3v) is 5.26. The number of aryl methyl sites for hydroxylation is 3. The normalized spacial score (nSPS) is 12.4. The molecule has 2 aromatic rings. The van der Waals surface area contributed by atoms with E-state index < -0.39 is 0 Å². The van der Waals surface area contributed by atoms with Gasteiger partial charge < -0.3 is 18.9 Å². The van der Waals surface area contributed by atoms with E-state index >= 15 is 0 Å². The topological polar surface area (TPSA) is 67.5 Å². The van der Waals surface area contributed by atoms with Crippen LogP contribution in [0, 0.1) is 39.0 Å². The first kappa shape index (κ1) is 24.2. The Morgan fingerprint density at radius 2 is 1.84 bits per heavy atom. The minimum Gasteiger partial charge on any atom is -0.492 e. The average molecular weight is 424 g/mol. The summed E-state index contributed by atoms with van der Waals surface area (Å²) >= 11 is 0. The van der Waals surface area contributed by atoms with Gasteiger partial charge in [-0.3, -0.25) is 4.79 Å². The number of carbonyl (C=O) groups excluding carboxylic acids is 1. The first-order chi connectivity index (χ1) is 14.7. The number of nitrogens with zero attached hydrogens (tertiary/aromatic N) is 3. The van der Waals surface area contributed by atoms with Gasteiger partial charge in [0.05, 0.1) is 19.2 Å². The standard InChI is InChI=1S/C25H33N3O3/c1-17-10-18(2)12-24(11-17)31-9-8-27(6)25(29)23(15-26)14-22-13-19(3)28(21(22)5)20(4)16-30-7/h10-14,20H,8-9,16H2,1-7H3/b23-14+. The van der Waals surface area contributed by atoms with Crippen LogP contribution < -0.4 is 4.74 Å². The molecule has 0 radical (unpaired) electrons. The molecular weight excluding hydrogens is 390 g/mol. The number of methoxy groups -OCH3 is 1. The van der Waals surface area contributed by atoms with Gasteiger partial charge in [-0.05, 0) is 75.6 Å². The monoisotopic (exact) mass is 423 g/mol. The molecule has 166 valence electrons. The fourth-order valence-electron chi connectivity index (χ4n) is 3.86. The lowest BCUT2D eigenvalue weighted by atomic mass is 10.1. The van der Waals surface area contributed by atoms with Gasteiger partial charge in [-0.1, -0.05) is 6.07 Å². The van der Waals surface area contributed by atoms with Gasteiger partial charge in [-0.15, -0.1) is 0 Å². The third-order valence-electron chi connectivity index (χ3n) is 5.26. The van der Waals surface area contributed by atoms with Crippen LogP contribution in [0.15, 0.2) is 29.8 Å². The molecule has 0 fully saturated rings. The molecule has 0 aliphatic heterocycles. The van der Waals surface area contributed by atoms with Crippen LogP contribution >= 0.6 is 0 Å². The van der Waals surface area contributed by atoms with E-state index in [4.69, 9.17) is 9.47 Å². The molecule has 2 rings (SSSR count). The molecule has 1 aromatic carbocycles. The predicted octanol–water partition coefficient (Wildman–Crippen LogP) is 4.37. The smallest absolute Gasteiger partial charge is 0.264 e. The largest absolute Gasteiger partial charge is 0.492 e. The number of benzene rings is 1. The summed E-state index contributed by atoms with van der Waals surface area (Å²) in [5.41, 5.74) is 5.30. The molecule has 0 aliphatic carbocycles. The van der Waals surface area contributed by atoms with Crippen molar-refractivity contribution >= 4 is 12.0 Å². The maximum Gasteiger partial charge on any atom is 0.264 e. The molecule has 1 aromatic heterocycles. The molecule has 0 spiro atoms. The van der Waals surface area contributed by atoms with Crippen molar-refractivity contribution in [3.05, 3.63) is 57.9 Å². The highest BCUT2D eigenvalue weighted by Crippen LogP contribution is 2.23. The van der Waals surface area contributed by atoms with E-state index in [-0.39, 0.29) is 17.5 Å². The van der Waals surface area contributed by atoms with Crippen molar-refractivity contribution in [2.75, 3.05) is 33.9 Å². The minimum absolute atomic E-state index is 0.105. The molecule has 0 bridgehead atoms. The van der Waals surface area contributed by atoms with Gasteiger partial charge in [-0.2, -0.15) is 5.26 Å². The van der Waals surface area contributed by atoms with Crippen molar-refractivity contribution in [2.45, 2.75) is 40.7 Å². The summed E-state index contributed by atoms with van der Waals surface area (Å²) in [6.07, 6.45) is 1.67. The number of aromatic nitrogens is 1. The molecule has 0 aliphatic rings. The number of likely N-dealkylation sites (N-methyl/N-ethyl adjacent to an activating group) is 1. The lowest BCUT2D eigenvalue weighted by molar-refractivity contribution is -0.125. The van der Waals surface area contributed by atoms with Crippen LogP contribution in [0.5, 0.6) is 5.75 Å². The highest BCUT2D eigenvalue weighted by Gasteiger charge is 2.18. The summed E-state index contributed by atoms with van der Waals surface area (Å²) in [6, 6.07) is 10.2. The van der Waals surface area contributed by atoms with Gasteiger partial charge in [0.15, 0.2) is 0 Å². The van der Waals surface area contributed by atoms with Crippen molar-refractivity contribution in [3.8, 4) is 11.8 Å². The van der Waals surface area contributed by atoms with Gasteiger partial charge in [0.1, 0.15) is 24.0 Å². The molecule has 6 heteroatoms. The zero-order valence-electron chi connectivity index (χ0n) is 19.7. The fraction of sp³-hybridized carbons (Fsp3) is 0.440. The Labute approximate surface area is 185 Å². The number of nitriles is 1. The molecule has 1 amide bonds. The minimum atomic E-state index is -0.318.